The summed E-state index contributed by atoms with van der Waals surface area (Å²) < 4.78 is 14.8. The van der Waals surface area contributed by atoms with E-state index in [1.165, 1.54) is 10.6 Å². The van der Waals surface area contributed by atoms with Crippen LogP contribution in [0.15, 0.2) is 34.6 Å². The Hall–Kier alpha value is -1.62. The molecule has 0 radical (unpaired) electrons. The van der Waals surface area contributed by atoms with Gasteiger partial charge in [-0.25, -0.2) is 4.39 Å². The average molecular weight is 224 g/mol. The van der Waals surface area contributed by atoms with Crippen LogP contribution in [0.4, 0.5) is 10.1 Å². The van der Waals surface area contributed by atoms with Crippen molar-refractivity contribution in [3.63, 3.8) is 0 Å². The number of thiazole rings is 1. The van der Waals surface area contributed by atoms with Gasteiger partial charge < -0.3 is 10.3 Å². The summed E-state index contributed by atoms with van der Waals surface area (Å²) in [4.78, 5) is 11.1. The Balaban J connectivity index is 2.33. The number of anilines is 1. The van der Waals surface area contributed by atoms with Gasteiger partial charge in [-0.2, -0.15) is 0 Å². The van der Waals surface area contributed by atoms with Gasteiger partial charge in [0, 0.05) is 22.8 Å². The molecule has 3 nitrogen and oxygen atoms in total. The molecule has 2 N–H and O–H groups in total. The summed E-state index contributed by atoms with van der Waals surface area (Å²) in [7, 11) is 0. The molecule has 15 heavy (non-hydrogen) atoms. The van der Waals surface area contributed by atoms with E-state index in [4.69, 9.17) is 5.73 Å². The zero-order valence-corrected chi connectivity index (χ0v) is 8.63. The van der Waals surface area contributed by atoms with Crippen LogP contribution >= 0.6 is 11.3 Å². The topological polar surface area (TPSA) is 48.0 Å². The molecule has 1 aromatic carbocycles. The molecule has 0 spiro atoms. The molecule has 0 saturated heterocycles. The molecule has 1 heterocycles. The van der Waals surface area contributed by atoms with Crippen molar-refractivity contribution < 1.29 is 4.39 Å². The molecule has 0 unspecified atom stereocenters. The summed E-state index contributed by atoms with van der Waals surface area (Å²) in [6, 6.07) is 4.47. The van der Waals surface area contributed by atoms with Gasteiger partial charge in [-0.1, -0.05) is 17.4 Å². The number of hydrogen-bond donors (Lipinski definition) is 1. The minimum Gasteiger partial charge on any atom is -0.399 e. The third kappa shape index (κ3) is 2.07. The van der Waals surface area contributed by atoms with Crippen molar-refractivity contribution in [2.24, 2.45) is 0 Å². The number of aromatic nitrogens is 1. The number of hydrogen-bond acceptors (Lipinski definition) is 3. The van der Waals surface area contributed by atoms with E-state index >= 15 is 0 Å². The molecule has 5 heteroatoms. The van der Waals surface area contributed by atoms with Crippen LogP contribution in [0.1, 0.15) is 5.56 Å². The largest absolute Gasteiger partial charge is 0.399 e. The van der Waals surface area contributed by atoms with E-state index in [0.29, 0.717) is 11.3 Å². The third-order valence-electron chi connectivity index (χ3n) is 2.06. The summed E-state index contributed by atoms with van der Waals surface area (Å²) >= 11 is 1.09. The first-order valence-electron chi connectivity index (χ1n) is 4.34. The fraction of sp³-hybridized carbons (Fsp3) is 0.100. The van der Waals surface area contributed by atoms with Gasteiger partial charge in [0.25, 0.3) is 0 Å². The lowest BCUT2D eigenvalue weighted by molar-refractivity contribution is 0.599. The van der Waals surface area contributed by atoms with Crippen molar-refractivity contribution in [2.45, 2.75) is 6.54 Å². The maximum atomic E-state index is 13.4. The first-order chi connectivity index (χ1) is 7.16. The fourth-order valence-electron chi connectivity index (χ4n) is 1.28. The molecule has 0 fully saturated rings. The number of nitrogens with zero attached hydrogens (tertiary/aromatic N) is 1. The van der Waals surface area contributed by atoms with Crippen LogP contribution in [0.3, 0.4) is 0 Å². The Kier molecular flexibility index (Phi) is 2.55. The van der Waals surface area contributed by atoms with Crippen molar-refractivity contribution in [2.75, 3.05) is 5.73 Å². The molecule has 78 valence electrons. The third-order valence-corrected chi connectivity index (χ3v) is 2.76. The molecule has 0 atom stereocenters. The zero-order chi connectivity index (χ0) is 10.8. The van der Waals surface area contributed by atoms with Gasteiger partial charge in [0.1, 0.15) is 5.82 Å². The Morgan fingerprint density at radius 2 is 2.27 bits per heavy atom. The van der Waals surface area contributed by atoms with Crippen molar-refractivity contribution in [1.82, 2.24) is 4.57 Å². The first-order valence-corrected chi connectivity index (χ1v) is 5.22. The van der Waals surface area contributed by atoms with Crippen molar-refractivity contribution >= 4 is 17.0 Å². The van der Waals surface area contributed by atoms with Crippen LogP contribution in [-0.2, 0) is 6.54 Å². The van der Waals surface area contributed by atoms with E-state index in [2.05, 4.69) is 0 Å². The van der Waals surface area contributed by atoms with E-state index in [-0.39, 0.29) is 17.2 Å². The van der Waals surface area contributed by atoms with Crippen LogP contribution in [0.25, 0.3) is 0 Å². The molecule has 2 aromatic rings. The zero-order valence-electron chi connectivity index (χ0n) is 7.81. The van der Waals surface area contributed by atoms with E-state index in [0.717, 1.165) is 11.3 Å². The lowest BCUT2D eigenvalue weighted by atomic mass is 10.2. The number of halogens is 1. The predicted molar refractivity (Wildman–Crippen MR) is 58.5 cm³/mol. The molecule has 0 aliphatic carbocycles. The fourth-order valence-corrected chi connectivity index (χ4v) is 1.87. The molecule has 0 aliphatic heterocycles. The first kappa shape index (κ1) is 9.92. The van der Waals surface area contributed by atoms with E-state index in [1.807, 2.05) is 0 Å². The monoisotopic (exact) mass is 224 g/mol. The van der Waals surface area contributed by atoms with Crippen LogP contribution in [0.5, 0.6) is 0 Å². The Morgan fingerprint density at radius 1 is 1.47 bits per heavy atom. The normalized spacial score (nSPS) is 10.5. The van der Waals surface area contributed by atoms with Crippen LogP contribution in [0.2, 0.25) is 0 Å². The maximum Gasteiger partial charge on any atom is 0.307 e. The average Bonchev–Trinajstić information content (AvgIpc) is 2.57. The lowest BCUT2D eigenvalue weighted by Crippen LogP contribution is -2.13. The molecule has 0 saturated carbocycles. The number of nitrogens with two attached hydrogens (primary N) is 1. The minimum absolute atomic E-state index is 0.0915. The van der Waals surface area contributed by atoms with Crippen molar-refractivity contribution in [3.05, 3.63) is 50.8 Å². The number of benzene rings is 1. The highest BCUT2D eigenvalue weighted by molar-refractivity contribution is 7.07. The Labute approximate surface area is 89.6 Å². The summed E-state index contributed by atoms with van der Waals surface area (Å²) in [5.41, 5.74) is 6.27. The van der Waals surface area contributed by atoms with E-state index in [9.17, 15) is 9.18 Å². The highest BCUT2D eigenvalue weighted by Crippen LogP contribution is 2.12. The minimum atomic E-state index is -0.381. The molecular formula is C10H9FN2OS. The molecule has 2 rings (SSSR count). The molecular weight excluding hydrogens is 215 g/mol. The standard InChI is InChI=1S/C10H9FN2OS/c11-9-5-8(12)2-1-7(9)6-13-3-4-15-10(13)14/h1-5H,6,12H2. The molecule has 1 aromatic heterocycles. The summed E-state index contributed by atoms with van der Waals surface area (Å²) in [6.07, 6.45) is 1.64. The molecule has 0 bridgehead atoms. The van der Waals surface area contributed by atoms with E-state index < -0.39 is 0 Å². The maximum absolute atomic E-state index is 13.4. The number of nitrogen functional groups attached to an aromatic ring is 1. The second kappa shape index (κ2) is 3.86. The van der Waals surface area contributed by atoms with Gasteiger partial charge in [-0.05, 0) is 12.1 Å². The van der Waals surface area contributed by atoms with Gasteiger partial charge in [-0.3, -0.25) is 4.79 Å². The predicted octanol–water partition coefficient (Wildman–Crippen LogP) is 1.68. The molecule has 0 aliphatic rings. The SMILES string of the molecule is Nc1ccc(Cn2ccsc2=O)c(F)c1. The highest BCUT2D eigenvalue weighted by atomic mass is 32.1. The van der Waals surface area contributed by atoms with Gasteiger partial charge in [-0.15, -0.1) is 0 Å². The van der Waals surface area contributed by atoms with Gasteiger partial charge in [0.15, 0.2) is 0 Å². The van der Waals surface area contributed by atoms with Crippen LogP contribution < -0.4 is 10.6 Å². The van der Waals surface area contributed by atoms with E-state index in [1.54, 1.807) is 23.7 Å². The van der Waals surface area contributed by atoms with Gasteiger partial charge in [0.2, 0.25) is 0 Å². The lowest BCUT2D eigenvalue weighted by Gasteiger charge is -2.04. The van der Waals surface area contributed by atoms with Gasteiger partial charge in [0.05, 0.1) is 6.54 Å². The summed E-state index contributed by atoms with van der Waals surface area (Å²) in [5, 5.41) is 1.68. The van der Waals surface area contributed by atoms with Crippen LogP contribution in [0, 0.1) is 5.82 Å². The smallest absolute Gasteiger partial charge is 0.307 e. The Bertz CT molecular complexity index is 532. The highest BCUT2D eigenvalue weighted by Gasteiger charge is 2.04. The summed E-state index contributed by atoms with van der Waals surface area (Å²) in [6.45, 7) is 0.244. The molecule has 0 amide bonds. The Morgan fingerprint density at radius 3 is 2.87 bits per heavy atom. The second-order valence-corrected chi connectivity index (χ2v) is 4.00. The quantitative estimate of drug-likeness (QED) is 0.789. The van der Waals surface area contributed by atoms with Gasteiger partial charge >= 0.3 is 4.87 Å². The van der Waals surface area contributed by atoms with Crippen molar-refractivity contribution in [3.8, 4) is 0 Å². The second-order valence-electron chi connectivity index (χ2n) is 3.15. The van der Waals surface area contributed by atoms with Crippen molar-refractivity contribution in [1.29, 1.82) is 0 Å². The number of rotatable bonds is 2. The summed E-state index contributed by atoms with van der Waals surface area (Å²) in [5.74, 6) is -0.381. The van der Waals surface area contributed by atoms with Crippen LogP contribution in [-0.4, -0.2) is 4.57 Å².